The summed E-state index contributed by atoms with van der Waals surface area (Å²) in [7, 11) is 0. The number of carbonyl (C=O) groups excluding carboxylic acids is 2. The third-order valence-corrected chi connectivity index (χ3v) is 2.39. The number of halogens is 2. The summed E-state index contributed by atoms with van der Waals surface area (Å²) in [4.78, 5) is 22.5. The number of rotatable bonds is 4. The number of carbonyl (C=O) groups is 2. The van der Waals surface area contributed by atoms with Gasteiger partial charge in [0, 0.05) is 16.1 Å². The van der Waals surface area contributed by atoms with Gasteiger partial charge in [-0.05, 0) is 31.2 Å². The molecular weight excluding hydrogens is 291 g/mol. The first-order valence-corrected chi connectivity index (χ1v) is 5.68. The lowest BCUT2D eigenvalue weighted by atomic mass is 10.1. The molecule has 1 aromatic rings. The number of hydrogen-bond donors (Lipinski definition) is 0. The Balaban J connectivity index is 2.81. The minimum absolute atomic E-state index is 0.0621. The quantitative estimate of drug-likeness (QED) is 0.488. The Morgan fingerprint density at radius 2 is 1.94 bits per heavy atom. The molecule has 1 aromatic carbocycles. The highest BCUT2D eigenvalue weighted by atomic mass is 79.9. The average molecular weight is 301 g/mol. The lowest BCUT2D eigenvalue weighted by molar-refractivity contribution is -0.140. The fourth-order valence-electron chi connectivity index (χ4n) is 1.07. The molecule has 0 aliphatic rings. The van der Waals surface area contributed by atoms with Crippen molar-refractivity contribution in [2.75, 3.05) is 6.61 Å². The van der Waals surface area contributed by atoms with Crippen LogP contribution < -0.4 is 0 Å². The van der Waals surface area contributed by atoms with Crippen molar-refractivity contribution >= 4 is 27.7 Å². The van der Waals surface area contributed by atoms with E-state index in [4.69, 9.17) is 0 Å². The summed E-state index contributed by atoms with van der Waals surface area (Å²) in [6, 6.07) is 6.37. The first-order chi connectivity index (χ1) is 8.04. The second-order valence-electron chi connectivity index (χ2n) is 3.08. The van der Waals surface area contributed by atoms with Crippen molar-refractivity contribution in [1.29, 1.82) is 0 Å². The van der Waals surface area contributed by atoms with Crippen LogP contribution in [0, 0.1) is 0 Å². The second-order valence-corrected chi connectivity index (χ2v) is 4.00. The third-order valence-electron chi connectivity index (χ3n) is 1.86. The van der Waals surface area contributed by atoms with Crippen LogP contribution in [0.3, 0.4) is 0 Å². The molecule has 0 radical (unpaired) electrons. The number of ether oxygens (including phenoxy) is 1. The number of esters is 1. The first-order valence-electron chi connectivity index (χ1n) is 4.88. The minimum Gasteiger partial charge on any atom is -0.461 e. The molecule has 5 heteroatoms. The molecule has 0 atom stereocenters. The van der Waals surface area contributed by atoms with E-state index in [1.807, 2.05) is 0 Å². The molecule has 0 heterocycles. The van der Waals surface area contributed by atoms with Crippen molar-refractivity contribution in [3.63, 3.8) is 0 Å². The lowest BCUT2D eigenvalue weighted by Crippen LogP contribution is -2.06. The predicted molar refractivity (Wildman–Crippen MR) is 64.3 cm³/mol. The van der Waals surface area contributed by atoms with Crippen LogP contribution in [-0.4, -0.2) is 18.4 Å². The van der Waals surface area contributed by atoms with Gasteiger partial charge in [0.05, 0.1) is 6.61 Å². The van der Waals surface area contributed by atoms with Crippen LogP contribution >= 0.6 is 15.9 Å². The molecule has 0 aliphatic carbocycles. The number of benzene rings is 1. The summed E-state index contributed by atoms with van der Waals surface area (Å²) >= 11 is 3.21. The monoisotopic (exact) mass is 300 g/mol. The largest absolute Gasteiger partial charge is 0.461 e. The zero-order chi connectivity index (χ0) is 12.8. The maximum atomic E-state index is 13.2. The summed E-state index contributed by atoms with van der Waals surface area (Å²) < 4.78 is 18.4. The van der Waals surface area contributed by atoms with Gasteiger partial charge < -0.3 is 4.74 Å². The Bertz CT molecular complexity index is 451. The van der Waals surface area contributed by atoms with Crippen LogP contribution in [0.25, 0.3) is 0 Å². The summed E-state index contributed by atoms with van der Waals surface area (Å²) in [5.41, 5.74) is 0.299. The van der Waals surface area contributed by atoms with Crippen molar-refractivity contribution in [2.24, 2.45) is 0 Å². The van der Waals surface area contributed by atoms with Crippen molar-refractivity contribution in [2.45, 2.75) is 6.92 Å². The Morgan fingerprint density at radius 1 is 1.35 bits per heavy atom. The standard InChI is InChI=1S/C12H10BrFO3/c1-2-17-12(16)10(14)7-11(15)8-3-5-9(13)6-4-8/h3-7H,2H2,1H3/b10-7-. The van der Waals surface area contributed by atoms with Gasteiger partial charge in [0.25, 0.3) is 0 Å². The highest BCUT2D eigenvalue weighted by molar-refractivity contribution is 9.10. The first kappa shape index (κ1) is 13.6. The fraction of sp³-hybridized carbons (Fsp3) is 0.167. The van der Waals surface area contributed by atoms with Gasteiger partial charge in [-0.3, -0.25) is 4.79 Å². The van der Waals surface area contributed by atoms with Crippen molar-refractivity contribution < 1.29 is 18.7 Å². The van der Waals surface area contributed by atoms with E-state index in [1.165, 1.54) is 12.1 Å². The van der Waals surface area contributed by atoms with E-state index in [0.29, 0.717) is 11.6 Å². The van der Waals surface area contributed by atoms with E-state index in [9.17, 15) is 14.0 Å². The summed E-state index contributed by atoms with van der Waals surface area (Å²) in [6.07, 6.45) is 0.626. The van der Waals surface area contributed by atoms with E-state index in [1.54, 1.807) is 19.1 Å². The lowest BCUT2D eigenvalue weighted by Gasteiger charge is -1.99. The molecule has 3 nitrogen and oxygen atoms in total. The number of hydrogen-bond acceptors (Lipinski definition) is 3. The maximum absolute atomic E-state index is 13.2. The van der Waals surface area contributed by atoms with Crippen molar-refractivity contribution in [3.05, 3.63) is 46.2 Å². The van der Waals surface area contributed by atoms with Crippen LogP contribution in [-0.2, 0) is 9.53 Å². The molecule has 90 valence electrons. The van der Waals surface area contributed by atoms with Crippen LogP contribution in [0.2, 0.25) is 0 Å². The van der Waals surface area contributed by atoms with Gasteiger partial charge in [0.1, 0.15) is 0 Å². The summed E-state index contributed by atoms with van der Waals surface area (Å²) in [5, 5.41) is 0. The molecule has 0 aromatic heterocycles. The topological polar surface area (TPSA) is 43.4 Å². The average Bonchev–Trinajstić information content (AvgIpc) is 2.30. The Labute approximate surface area is 106 Å². The van der Waals surface area contributed by atoms with Crippen LogP contribution in [0.1, 0.15) is 17.3 Å². The van der Waals surface area contributed by atoms with E-state index >= 15 is 0 Å². The molecule has 0 fully saturated rings. The Hall–Kier alpha value is -1.49. The van der Waals surface area contributed by atoms with Gasteiger partial charge >= 0.3 is 5.97 Å². The van der Waals surface area contributed by atoms with Gasteiger partial charge in [-0.1, -0.05) is 15.9 Å². The molecule has 0 spiro atoms. The number of allylic oxidation sites excluding steroid dienone is 1. The molecule has 0 unspecified atom stereocenters. The van der Waals surface area contributed by atoms with Crippen LogP contribution in [0.15, 0.2) is 40.6 Å². The Kier molecular flexibility index (Phi) is 5.03. The molecule has 1 rings (SSSR count). The van der Waals surface area contributed by atoms with Gasteiger partial charge in [-0.25, -0.2) is 4.79 Å². The molecule has 0 N–H and O–H groups in total. The molecule has 0 aliphatic heterocycles. The summed E-state index contributed by atoms with van der Waals surface area (Å²) in [5.74, 6) is -2.90. The highest BCUT2D eigenvalue weighted by Crippen LogP contribution is 2.12. The molecule has 17 heavy (non-hydrogen) atoms. The predicted octanol–water partition coefficient (Wildman–Crippen LogP) is 3.05. The molecular formula is C12H10BrFO3. The molecule has 0 amide bonds. The highest BCUT2D eigenvalue weighted by Gasteiger charge is 2.12. The molecule has 0 saturated heterocycles. The number of ketones is 1. The second kappa shape index (κ2) is 6.30. The van der Waals surface area contributed by atoms with E-state index < -0.39 is 17.6 Å². The summed E-state index contributed by atoms with van der Waals surface area (Å²) in [6.45, 7) is 1.62. The minimum atomic E-state index is -1.19. The van der Waals surface area contributed by atoms with E-state index in [2.05, 4.69) is 20.7 Å². The smallest absolute Gasteiger partial charge is 0.367 e. The normalized spacial score (nSPS) is 11.1. The van der Waals surface area contributed by atoms with Gasteiger partial charge in [0.2, 0.25) is 5.83 Å². The fourth-order valence-corrected chi connectivity index (χ4v) is 1.34. The van der Waals surface area contributed by atoms with Crippen LogP contribution in [0.4, 0.5) is 4.39 Å². The Morgan fingerprint density at radius 3 is 2.47 bits per heavy atom. The van der Waals surface area contributed by atoms with Gasteiger partial charge in [-0.2, -0.15) is 4.39 Å². The van der Waals surface area contributed by atoms with Gasteiger partial charge in [0.15, 0.2) is 5.78 Å². The zero-order valence-electron chi connectivity index (χ0n) is 9.07. The van der Waals surface area contributed by atoms with E-state index in [-0.39, 0.29) is 6.61 Å². The molecule has 0 saturated carbocycles. The molecule has 0 bridgehead atoms. The maximum Gasteiger partial charge on any atom is 0.367 e. The third kappa shape index (κ3) is 4.11. The van der Waals surface area contributed by atoms with Crippen molar-refractivity contribution in [1.82, 2.24) is 0 Å². The van der Waals surface area contributed by atoms with E-state index in [0.717, 1.165) is 4.47 Å². The SMILES string of the molecule is CCOC(=O)/C(F)=C/C(=O)c1ccc(Br)cc1. The van der Waals surface area contributed by atoms with Crippen molar-refractivity contribution in [3.8, 4) is 0 Å². The van der Waals surface area contributed by atoms with Gasteiger partial charge in [-0.15, -0.1) is 0 Å². The van der Waals surface area contributed by atoms with Crippen LogP contribution in [0.5, 0.6) is 0 Å². The zero-order valence-corrected chi connectivity index (χ0v) is 10.7.